The lowest BCUT2D eigenvalue weighted by molar-refractivity contribution is 0.0446. The summed E-state index contributed by atoms with van der Waals surface area (Å²) in [6, 6.07) is 4.61. The first kappa shape index (κ1) is 13.6. The highest BCUT2D eigenvalue weighted by Crippen LogP contribution is 2.22. The Hall–Kier alpha value is -0.860. The summed E-state index contributed by atoms with van der Waals surface area (Å²) in [5.41, 5.74) is 5.82. The third-order valence-corrected chi connectivity index (χ3v) is 4.25. The van der Waals surface area contributed by atoms with E-state index in [1.807, 2.05) is 0 Å². The zero-order valence-electron chi connectivity index (χ0n) is 12.1. The number of benzene rings is 1. The molecule has 0 spiro atoms. The van der Waals surface area contributed by atoms with E-state index < -0.39 is 0 Å². The van der Waals surface area contributed by atoms with Gasteiger partial charge in [-0.1, -0.05) is 12.1 Å². The molecule has 0 aromatic heterocycles. The molecular weight excluding hydrogens is 222 g/mol. The van der Waals surface area contributed by atoms with Crippen LogP contribution in [0.25, 0.3) is 0 Å². The van der Waals surface area contributed by atoms with Crippen LogP contribution < -0.4 is 5.32 Å². The van der Waals surface area contributed by atoms with E-state index in [1.54, 1.807) is 0 Å². The third kappa shape index (κ3) is 3.12. The van der Waals surface area contributed by atoms with Crippen molar-refractivity contribution in [2.24, 2.45) is 0 Å². The molecule has 0 aliphatic carbocycles. The summed E-state index contributed by atoms with van der Waals surface area (Å²) < 4.78 is 5.44. The second-order valence-corrected chi connectivity index (χ2v) is 5.89. The van der Waals surface area contributed by atoms with E-state index in [9.17, 15) is 0 Å². The highest BCUT2D eigenvalue weighted by molar-refractivity contribution is 5.36. The fourth-order valence-electron chi connectivity index (χ4n) is 2.52. The fourth-order valence-corrected chi connectivity index (χ4v) is 2.52. The van der Waals surface area contributed by atoms with Crippen LogP contribution >= 0.6 is 0 Å². The van der Waals surface area contributed by atoms with E-state index in [0.717, 1.165) is 32.6 Å². The van der Waals surface area contributed by atoms with Gasteiger partial charge in [-0.15, -0.1) is 0 Å². The van der Waals surface area contributed by atoms with Crippen LogP contribution in [0.1, 0.15) is 42.0 Å². The Bertz CT molecular complexity index is 419. The molecule has 1 fully saturated rings. The molecule has 1 aliphatic heterocycles. The molecule has 2 rings (SSSR count). The molecule has 1 aromatic rings. The third-order valence-electron chi connectivity index (χ3n) is 4.25. The first-order valence-corrected chi connectivity index (χ1v) is 6.90. The molecule has 1 heterocycles. The summed E-state index contributed by atoms with van der Waals surface area (Å²) >= 11 is 0. The lowest BCUT2D eigenvalue weighted by Crippen LogP contribution is -2.46. The van der Waals surface area contributed by atoms with Crippen molar-refractivity contribution in [1.82, 2.24) is 5.32 Å². The lowest BCUT2D eigenvalue weighted by atomic mass is 9.91. The molecule has 0 unspecified atom stereocenters. The Morgan fingerprint density at radius 3 is 2.33 bits per heavy atom. The van der Waals surface area contributed by atoms with Crippen LogP contribution in [0.3, 0.4) is 0 Å². The average Bonchev–Trinajstić information content (AvgIpc) is 2.33. The minimum Gasteiger partial charge on any atom is -0.381 e. The van der Waals surface area contributed by atoms with E-state index in [4.69, 9.17) is 4.74 Å². The number of aryl methyl sites for hydroxylation is 3. The second-order valence-electron chi connectivity index (χ2n) is 5.89. The Morgan fingerprint density at radius 1 is 1.06 bits per heavy atom. The molecule has 0 bridgehead atoms. The molecule has 1 N–H and O–H groups in total. The van der Waals surface area contributed by atoms with Crippen molar-refractivity contribution >= 4 is 0 Å². The number of nitrogens with one attached hydrogen (secondary N) is 1. The van der Waals surface area contributed by atoms with Crippen molar-refractivity contribution in [2.75, 3.05) is 13.2 Å². The predicted molar refractivity (Wildman–Crippen MR) is 76.0 cm³/mol. The summed E-state index contributed by atoms with van der Waals surface area (Å²) in [6.45, 7) is 11.6. The molecule has 0 atom stereocenters. The quantitative estimate of drug-likeness (QED) is 0.885. The normalized spacial score (nSPS) is 18.9. The number of hydrogen-bond acceptors (Lipinski definition) is 2. The van der Waals surface area contributed by atoms with Gasteiger partial charge in [-0.05, 0) is 62.8 Å². The maximum Gasteiger partial charge on any atom is 0.0483 e. The summed E-state index contributed by atoms with van der Waals surface area (Å²) in [5.74, 6) is 0. The molecule has 18 heavy (non-hydrogen) atoms. The largest absolute Gasteiger partial charge is 0.381 e. The van der Waals surface area contributed by atoms with Gasteiger partial charge >= 0.3 is 0 Å². The van der Waals surface area contributed by atoms with Crippen molar-refractivity contribution in [3.8, 4) is 0 Å². The van der Waals surface area contributed by atoms with Crippen LogP contribution in [0.15, 0.2) is 12.1 Å². The molecule has 1 aromatic carbocycles. The molecule has 1 aliphatic rings. The monoisotopic (exact) mass is 247 g/mol. The molecular formula is C16H25NO. The molecule has 100 valence electrons. The van der Waals surface area contributed by atoms with Crippen LogP contribution in [0.2, 0.25) is 0 Å². The van der Waals surface area contributed by atoms with Gasteiger partial charge in [-0.2, -0.15) is 0 Å². The van der Waals surface area contributed by atoms with Gasteiger partial charge < -0.3 is 10.1 Å². The first-order valence-electron chi connectivity index (χ1n) is 6.90. The van der Waals surface area contributed by atoms with Gasteiger partial charge in [0.1, 0.15) is 0 Å². The summed E-state index contributed by atoms with van der Waals surface area (Å²) in [4.78, 5) is 0. The van der Waals surface area contributed by atoms with Crippen molar-refractivity contribution < 1.29 is 4.74 Å². The summed E-state index contributed by atoms with van der Waals surface area (Å²) in [6.07, 6.45) is 2.22. The number of hydrogen-bond donors (Lipinski definition) is 1. The van der Waals surface area contributed by atoms with Crippen molar-refractivity contribution in [2.45, 2.75) is 52.6 Å². The smallest absolute Gasteiger partial charge is 0.0483 e. The zero-order valence-corrected chi connectivity index (χ0v) is 12.1. The minimum absolute atomic E-state index is 0.240. The van der Waals surface area contributed by atoms with Crippen LogP contribution in [0, 0.1) is 20.8 Å². The Balaban J connectivity index is 2.03. The van der Waals surface area contributed by atoms with E-state index in [2.05, 4.69) is 45.1 Å². The molecule has 2 heteroatoms. The Labute approximate surface area is 111 Å². The van der Waals surface area contributed by atoms with Crippen molar-refractivity contribution in [1.29, 1.82) is 0 Å². The van der Waals surface area contributed by atoms with Gasteiger partial charge in [0.05, 0.1) is 0 Å². The predicted octanol–water partition coefficient (Wildman–Crippen LogP) is 3.27. The van der Waals surface area contributed by atoms with Crippen LogP contribution in [0.5, 0.6) is 0 Å². The van der Waals surface area contributed by atoms with Gasteiger partial charge in [0.25, 0.3) is 0 Å². The van der Waals surface area contributed by atoms with Crippen molar-refractivity contribution in [3.05, 3.63) is 34.4 Å². The maximum absolute atomic E-state index is 5.44. The van der Waals surface area contributed by atoms with Gasteiger partial charge in [-0.3, -0.25) is 0 Å². The minimum atomic E-state index is 0.240. The van der Waals surface area contributed by atoms with Crippen molar-refractivity contribution in [3.63, 3.8) is 0 Å². The molecule has 0 saturated carbocycles. The summed E-state index contributed by atoms with van der Waals surface area (Å²) in [5, 5.41) is 3.72. The standard InChI is InChI=1S/C16H25NO/c1-12-9-14(3)15(10-13(12)2)11-17-16(4)5-7-18-8-6-16/h9-10,17H,5-8,11H2,1-4H3. The van der Waals surface area contributed by atoms with Gasteiger partial charge in [-0.25, -0.2) is 0 Å². The molecule has 0 amide bonds. The maximum atomic E-state index is 5.44. The summed E-state index contributed by atoms with van der Waals surface area (Å²) in [7, 11) is 0. The molecule has 2 nitrogen and oxygen atoms in total. The lowest BCUT2D eigenvalue weighted by Gasteiger charge is -2.35. The molecule has 0 radical (unpaired) electrons. The molecule has 1 saturated heterocycles. The van der Waals surface area contributed by atoms with Crippen LogP contribution in [0.4, 0.5) is 0 Å². The number of rotatable bonds is 3. The van der Waals surface area contributed by atoms with Gasteiger partial charge in [0.15, 0.2) is 0 Å². The highest BCUT2D eigenvalue weighted by atomic mass is 16.5. The van der Waals surface area contributed by atoms with E-state index in [1.165, 1.54) is 22.3 Å². The Morgan fingerprint density at radius 2 is 1.67 bits per heavy atom. The highest BCUT2D eigenvalue weighted by Gasteiger charge is 2.26. The van der Waals surface area contributed by atoms with E-state index in [-0.39, 0.29) is 5.54 Å². The Kier molecular flexibility index (Phi) is 4.08. The van der Waals surface area contributed by atoms with Crippen LogP contribution in [-0.2, 0) is 11.3 Å². The van der Waals surface area contributed by atoms with E-state index >= 15 is 0 Å². The zero-order chi connectivity index (χ0) is 13.2. The fraction of sp³-hybridized carbons (Fsp3) is 0.625. The SMILES string of the molecule is Cc1cc(C)c(CNC2(C)CCOCC2)cc1C. The topological polar surface area (TPSA) is 21.3 Å². The number of ether oxygens (including phenoxy) is 1. The van der Waals surface area contributed by atoms with Crippen LogP contribution in [-0.4, -0.2) is 18.8 Å². The van der Waals surface area contributed by atoms with Gasteiger partial charge in [0.2, 0.25) is 0 Å². The average molecular weight is 247 g/mol. The van der Waals surface area contributed by atoms with E-state index in [0.29, 0.717) is 0 Å². The van der Waals surface area contributed by atoms with Gasteiger partial charge in [0, 0.05) is 25.3 Å². The second kappa shape index (κ2) is 5.41. The first-order chi connectivity index (χ1) is 8.50.